The third kappa shape index (κ3) is 4.98. The molecule has 0 N–H and O–H groups in total. The zero-order valence-electron chi connectivity index (χ0n) is 19.8. The fourth-order valence-corrected chi connectivity index (χ4v) is 4.52. The molecule has 1 unspecified atom stereocenters. The first-order valence-electron chi connectivity index (χ1n) is 11.8. The van der Waals surface area contributed by atoms with E-state index in [1.807, 2.05) is 17.0 Å². The standard InChI is InChI=1S/C26H27ClN6O2/c1-17-6-8-19(9-7-17)15-21-29-24(32-11-4-12-33(14-13-32)26(34)18(2)27)22-23(31-35-25(22)30-21)20-5-3-10-28-16-20/h3,5-10,16,18H,4,11-15H2,1-2H3. The van der Waals surface area contributed by atoms with Gasteiger partial charge in [-0.25, -0.2) is 4.98 Å². The van der Waals surface area contributed by atoms with Crippen molar-refractivity contribution < 1.29 is 9.32 Å². The zero-order chi connectivity index (χ0) is 24.4. The second-order valence-corrected chi connectivity index (χ2v) is 9.52. The SMILES string of the molecule is Cc1ccc(Cc2nc(N3CCCN(C(=O)C(C)Cl)CC3)c3c(-c4cccnc4)noc3n2)cc1. The molecule has 9 heteroatoms. The summed E-state index contributed by atoms with van der Waals surface area (Å²) in [6.07, 6.45) is 4.86. The molecular formula is C26H27ClN6O2. The van der Waals surface area contributed by atoms with Crippen molar-refractivity contribution in [1.82, 2.24) is 25.0 Å². The Hall–Kier alpha value is -3.52. The fraction of sp³-hybridized carbons (Fsp3) is 0.346. The van der Waals surface area contributed by atoms with Gasteiger partial charge in [0.2, 0.25) is 5.91 Å². The zero-order valence-corrected chi connectivity index (χ0v) is 20.6. The van der Waals surface area contributed by atoms with Crippen molar-refractivity contribution in [2.45, 2.75) is 32.1 Å². The molecule has 5 rings (SSSR count). The topological polar surface area (TPSA) is 88.3 Å². The lowest BCUT2D eigenvalue weighted by molar-refractivity contribution is -0.130. The van der Waals surface area contributed by atoms with E-state index in [0.717, 1.165) is 35.3 Å². The molecule has 0 aliphatic carbocycles. The number of alkyl halides is 1. The van der Waals surface area contributed by atoms with Crippen LogP contribution >= 0.6 is 11.6 Å². The van der Waals surface area contributed by atoms with Gasteiger partial charge in [0, 0.05) is 50.6 Å². The van der Waals surface area contributed by atoms with E-state index in [1.54, 1.807) is 19.3 Å². The van der Waals surface area contributed by atoms with Crippen LogP contribution in [0.3, 0.4) is 0 Å². The predicted octanol–water partition coefficient (Wildman–Crippen LogP) is 4.25. The first-order valence-corrected chi connectivity index (χ1v) is 12.2. The molecule has 0 saturated carbocycles. The fourth-order valence-electron chi connectivity index (χ4n) is 4.38. The summed E-state index contributed by atoms with van der Waals surface area (Å²) in [6, 6.07) is 12.2. The van der Waals surface area contributed by atoms with Crippen LogP contribution in [0.25, 0.3) is 22.4 Å². The van der Waals surface area contributed by atoms with Gasteiger partial charge in [-0.1, -0.05) is 35.0 Å². The van der Waals surface area contributed by atoms with Crippen LogP contribution in [-0.4, -0.2) is 62.5 Å². The summed E-state index contributed by atoms with van der Waals surface area (Å²) in [6.45, 7) is 6.39. The van der Waals surface area contributed by atoms with Gasteiger partial charge >= 0.3 is 0 Å². The maximum Gasteiger partial charge on any atom is 0.263 e. The van der Waals surface area contributed by atoms with E-state index in [-0.39, 0.29) is 5.91 Å². The number of fused-ring (bicyclic) bond motifs is 1. The minimum atomic E-state index is -0.538. The Labute approximate surface area is 208 Å². The number of carbonyl (C=O) groups is 1. The van der Waals surface area contributed by atoms with Crippen LogP contribution in [-0.2, 0) is 11.2 Å². The maximum absolute atomic E-state index is 12.5. The minimum Gasteiger partial charge on any atom is -0.354 e. The Bertz CT molecular complexity index is 1320. The Morgan fingerprint density at radius 3 is 2.69 bits per heavy atom. The number of halogens is 1. The lowest BCUT2D eigenvalue weighted by atomic mass is 10.1. The number of nitrogens with zero attached hydrogens (tertiary/aromatic N) is 6. The van der Waals surface area contributed by atoms with Gasteiger partial charge in [-0.15, -0.1) is 11.6 Å². The van der Waals surface area contributed by atoms with E-state index in [2.05, 4.69) is 46.2 Å². The minimum absolute atomic E-state index is 0.0394. The van der Waals surface area contributed by atoms with Crippen molar-refractivity contribution in [3.05, 3.63) is 65.7 Å². The number of benzene rings is 1. The first kappa shape index (κ1) is 23.2. The first-order chi connectivity index (χ1) is 17.0. The summed E-state index contributed by atoms with van der Waals surface area (Å²) >= 11 is 6.08. The molecule has 1 saturated heterocycles. The third-order valence-corrected chi connectivity index (χ3v) is 6.42. The number of aryl methyl sites for hydroxylation is 1. The lowest BCUT2D eigenvalue weighted by Gasteiger charge is -2.24. The Morgan fingerprint density at radius 1 is 1.11 bits per heavy atom. The number of anilines is 1. The van der Waals surface area contributed by atoms with Crippen molar-refractivity contribution in [1.29, 1.82) is 0 Å². The molecule has 1 aliphatic heterocycles. The Balaban J connectivity index is 1.55. The van der Waals surface area contributed by atoms with Gasteiger partial charge in [0.15, 0.2) is 0 Å². The molecule has 3 aromatic heterocycles. The molecule has 180 valence electrons. The largest absolute Gasteiger partial charge is 0.354 e. The number of carbonyl (C=O) groups excluding carboxylic acids is 1. The molecule has 4 aromatic rings. The number of aromatic nitrogens is 4. The molecule has 1 aliphatic rings. The van der Waals surface area contributed by atoms with E-state index >= 15 is 0 Å². The van der Waals surface area contributed by atoms with Crippen molar-refractivity contribution in [3.8, 4) is 11.3 Å². The van der Waals surface area contributed by atoms with E-state index in [9.17, 15) is 4.79 Å². The second kappa shape index (κ2) is 10.00. The number of pyridine rings is 1. The second-order valence-electron chi connectivity index (χ2n) is 8.86. The molecule has 8 nitrogen and oxygen atoms in total. The van der Waals surface area contributed by atoms with Gasteiger partial charge in [0.25, 0.3) is 5.71 Å². The molecule has 35 heavy (non-hydrogen) atoms. The molecule has 4 heterocycles. The molecule has 0 spiro atoms. The van der Waals surface area contributed by atoms with Crippen LogP contribution in [0.2, 0.25) is 0 Å². The highest BCUT2D eigenvalue weighted by atomic mass is 35.5. The molecular weight excluding hydrogens is 464 g/mol. The van der Waals surface area contributed by atoms with E-state index < -0.39 is 5.38 Å². The number of hydrogen-bond acceptors (Lipinski definition) is 7. The van der Waals surface area contributed by atoms with Gasteiger partial charge < -0.3 is 14.3 Å². The van der Waals surface area contributed by atoms with Gasteiger partial charge in [-0.3, -0.25) is 9.78 Å². The van der Waals surface area contributed by atoms with Crippen molar-refractivity contribution in [2.24, 2.45) is 0 Å². The Morgan fingerprint density at radius 2 is 1.94 bits per heavy atom. The highest BCUT2D eigenvalue weighted by Crippen LogP contribution is 2.34. The average molecular weight is 491 g/mol. The number of amides is 1. The normalized spacial score (nSPS) is 15.3. The summed E-state index contributed by atoms with van der Waals surface area (Å²) in [5, 5.41) is 4.57. The monoisotopic (exact) mass is 490 g/mol. The van der Waals surface area contributed by atoms with Crippen LogP contribution in [0, 0.1) is 6.92 Å². The van der Waals surface area contributed by atoms with Crippen LogP contribution in [0.15, 0.2) is 53.3 Å². The summed E-state index contributed by atoms with van der Waals surface area (Å²) < 4.78 is 5.72. The molecule has 0 radical (unpaired) electrons. The smallest absolute Gasteiger partial charge is 0.263 e. The Kier molecular flexibility index (Phi) is 6.63. The van der Waals surface area contributed by atoms with Gasteiger partial charge in [-0.05, 0) is 38.0 Å². The van der Waals surface area contributed by atoms with Crippen LogP contribution < -0.4 is 4.90 Å². The summed E-state index contributed by atoms with van der Waals surface area (Å²) in [7, 11) is 0. The molecule has 1 atom stereocenters. The summed E-state index contributed by atoms with van der Waals surface area (Å²) in [5.41, 5.74) is 4.28. The maximum atomic E-state index is 12.5. The highest BCUT2D eigenvalue weighted by Gasteiger charge is 2.27. The summed E-state index contributed by atoms with van der Waals surface area (Å²) in [4.78, 5) is 30.5. The van der Waals surface area contributed by atoms with E-state index in [4.69, 9.17) is 26.1 Å². The molecule has 0 bridgehead atoms. The van der Waals surface area contributed by atoms with Crippen molar-refractivity contribution in [3.63, 3.8) is 0 Å². The van der Waals surface area contributed by atoms with Crippen LogP contribution in [0.4, 0.5) is 5.82 Å². The van der Waals surface area contributed by atoms with Gasteiger partial charge in [-0.2, -0.15) is 4.98 Å². The van der Waals surface area contributed by atoms with E-state index in [0.29, 0.717) is 43.3 Å². The van der Waals surface area contributed by atoms with Gasteiger partial charge in [0.05, 0.1) is 0 Å². The predicted molar refractivity (Wildman–Crippen MR) is 136 cm³/mol. The van der Waals surface area contributed by atoms with Crippen molar-refractivity contribution in [2.75, 3.05) is 31.1 Å². The highest BCUT2D eigenvalue weighted by molar-refractivity contribution is 6.30. The quantitative estimate of drug-likeness (QED) is 0.386. The molecule has 1 aromatic carbocycles. The van der Waals surface area contributed by atoms with E-state index in [1.165, 1.54) is 5.56 Å². The van der Waals surface area contributed by atoms with Gasteiger partial charge in [0.1, 0.15) is 28.1 Å². The molecule has 1 fully saturated rings. The number of rotatable bonds is 5. The number of hydrogen-bond donors (Lipinski definition) is 0. The lowest BCUT2D eigenvalue weighted by Crippen LogP contribution is -2.38. The molecule has 1 amide bonds. The third-order valence-electron chi connectivity index (χ3n) is 6.23. The van der Waals surface area contributed by atoms with Crippen LogP contribution in [0.5, 0.6) is 0 Å². The van der Waals surface area contributed by atoms with Crippen molar-refractivity contribution >= 4 is 34.4 Å². The van der Waals surface area contributed by atoms with Crippen LogP contribution in [0.1, 0.15) is 30.3 Å². The summed E-state index contributed by atoms with van der Waals surface area (Å²) in [5.74, 6) is 1.39. The average Bonchev–Trinajstić information content (AvgIpc) is 3.14.